The van der Waals surface area contributed by atoms with Gasteiger partial charge in [-0.15, -0.1) is 0 Å². The van der Waals surface area contributed by atoms with Crippen LogP contribution in [0.25, 0.3) is 0 Å². The van der Waals surface area contributed by atoms with Gasteiger partial charge in [-0.3, -0.25) is 9.59 Å². The minimum absolute atomic E-state index is 0.0753. The number of nitrogens with zero attached hydrogens (tertiary/aromatic N) is 1. The molecule has 0 radical (unpaired) electrons. The van der Waals surface area contributed by atoms with Crippen molar-refractivity contribution in [1.82, 2.24) is 10.2 Å². The number of hydrogen-bond donors (Lipinski definition) is 1. The molecular formula is C24H30N2O3. The van der Waals surface area contributed by atoms with Crippen molar-refractivity contribution in [2.75, 3.05) is 26.3 Å². The van der Waals surface area contributed by atoms with Crippen molar-refractivity contribution in [2.24, 2.45) is 5.92 Å². The van der Waals surface area contributed by atoms with E-state index >= 15 is 0 Å². The Kier molecular flexibility index (Phi) is 7.42. The molecule has 5 nitrogen and oxygen atoms in total. The van der Waals surface area contributed by atoms with Crippen LogP contribution in [0.3, 0.4) is 0 Å². The lowest BCUT2D eigenvalue weighted by Crippen LogP contribution is -2.47. The highest BCUT2D eigenvalue weighted by atomic mass is 16.5. The number of carbonyl (C=O) groups is 2. The van der Waals surface area contributed by atoms with Gasteiger partial charge in [-0.1, -0.05) is 74.5 Å². The van der Waals surface area contributed by atoms with Gasteiger partial charge >= 0.3 is 0 Å². The molecule has 5 heteroatoms. The monoisotopic (exact) mass is 394 g/mol. The molecule has 0 aliphatic carbocycles. The smallest absolute Gasteiger partial charge is 0.249 e. The number of hydrogen-bond acceptors (Lipinski definition) is 3. The fourth-order valence-corrected chi connectivity index (χ4v) is 3.76. The fourth-order valence-electron chi connectivity index (χ4n) is 3.76. The molecule has 2 aromatic rings. The van der Waals surface area contributed by atoms with Gasteiger partial charge in [0.2, 0.25) is 11.8 Å². The molecule has 1 fully saturated rings. The standard InChI is InChI=1S/C24H30N2O3/c1-18(2)21(19-9-5-3-6-10-19)17-22(27)25-23(20-11-7-4-8-12-20)24(28)26-13-15-29-16-14-26/h3-12,18,21,23H,13-17H2,1-2H3,(H,25,27)/t21?,23-/m0/s1. The van der Waals surface area contributed by atoms with E-state index < -0.39 is 6.04 Å². The molecule has 154 valence electrons. The van der Waals surface area contributed by atoms with E-state index in [1.165, 1.54) is 0 Å². The molecular weight excluding hydrogens is 364 g/mol. The van der Waals surface area contributed by atoms with Crippen LogP contribution in [0.4, 0.5) is 0 Å². The van der Waals surface area contributed by atoms with Crippen molar-refractivity contribution in [3.63, 3.8) is 0 Å². The Morgan fingerprint density at radius 3 is 2.03 bits per heavy atom. The number of carbonyl (C=O) groups excluding carboxylic acids is 2. The molecule has 0 spiro atoms. The first-order valence-electron chi connectivity index (χ1n) is 10.3. The van der Waals surface area contributed by atoms with Crippen LogP contribution < -0.4 is 5.32 Å². The van der Waals surface area contributed by atoms with Crippen LogP contribution in [0.5, 0.6) is 0 Å². The average molecular weight is 395 g/mol. The van der Waals surface area contributed by atoms with E-state index in [9.17, 15) is 9.59 Å². The molecule has 0 bridgehead atoms. The number of amides is 2. The summed E-state index contributed by atoms with van der Waals surface area (Å²) in [4.78, 5) is 28.0. The van der Waals surface area contributed by atoms with Crippen LogP contribution in [0.15, 0.2) is 60.7 Å². The molecule has 1 unspecified atom stereocenters. The minimum atomic E-state index is -0.676. The number of ether oxygens (including phenoxy) is 1. The number of nitrogens with one attached hydrogen (secondary N) is 1. The molecule has 1 saturated heterocycles. The van der Waals surface area contributed by atoms with E-state index in [1.54, 1.807) is 4.90 Å². The lowest BCUT2D eigenvalue weighted by Gasteiger charge is -2.31. The van der Waals surface area contributed by atoms with Gasteiger partial charge in [0.25, 0.3) is 0 Å². The summed E-state index contributed by atoms with van der Waals surface area (Å²) in [6.45, 7) is 6.42. The Hall–Kier alpha value is -2.66. The van der Waals surface area contributed by atoms with E-state index in [-0.39, 0.29) is 17.7 Å². The Labute approximate surface area is 173 Å². The maximum absolute atomic E-state index is 13.2. The molecule has 1 aliphatic rings. The number of morpholine rings is 1. The van der Waals surface area contributed by atoms with Crippen LogP contribution in [0.1, 0.15) is 43.4 Å². The molecule has 0 saturated carbocycles. The molecule has 1 heterocycles. The zero-order valence-corrected chi connectivity index (χ0v) is 17.2. The second-order valence-electron chi connectivity index (χ2n) is 7.81. The molecule has 2 aromatic carbocycles. The summed E-state index contributed by atoms with van der Waals surface area (Å²) in [5.41, 5.74) is 1.95. The van der Waals surface area contributed by atoms with Gasteiger partial charge in [-0.2, -0.15) is 0 Å². The van der Waals surface area contributed by atoms with Crippen LogP contribution in [-0.4, -0.2) is 43.0 Å². The van der Waals surface area contributed by atoms with Gasteiger partial charge in [0.15, 0.2) is 0 Å². The molecule has 2 amide bonds. The highest BCUT2D eigenvalue weighted by Gasteiger charge is 2.29. The summed E-state index contributed by atoms with van der Waals surface area (Å²) < 4.78 is 5.36. The first-order valence-corrected chi connectivity index (χ1v) is 10.3. The van der Waals surface area contributed by atoms with E-state index in [0.29, 0.717) is 38.6 Å². The largest absolute Gasteiger partial charge is 0.378 e. The Balaban J connectivity index is 1.76. The zero-order valence-electron chi connectivity index (χ0n) is 17.2. The highest BCUT2D eigenvalue weighted by Crippen LogP contribution is 2.28. The Morgan fingerprint density at radius 2 is 1.48 bits per heavy atom. The van der Waals surface area contributed by atoms with Crippen LogP contribution in [-0.2, 0) is 14.3 Å². The minimum Gasteiger partial charge on any atom is -0.378 e. The van der Waals surface area contributed by atoms with E-state index in [0.717, 1.165) is 11.1 Å². The lowest BCUT2D eigenvalue weighted by atomic mass is 9.85. The Morgan fingerprint density at radius 1 is 0.931 bits per heavy atom. The SMILES string of the molecule is CC(C)C(CC(=O)N[C@H](C(=O)N1CCOCC1)c1ccccc1)c1ccccc1. The van der Waals surface area contributed by atoms with Crippen molar-refractivity contribution in [3.8, 4) is 0 Å². The van der Waals surface area contributed by atoms with E-state index in [1.807, 2.05) is 48.5 Å². The van der Waals surface area contributed by atoms with Gasteiger partial charge in [-0.25, -0.2) is 0 Å². The predicted molar refractivity (Wildman–Crippen MR) is 113 cm³/mol. The predicted octanol–water partition coefficient (Wildman–Crippen LogP) is 3.53. The third-order valence-electron chi connectivity index (χ3n) is 5.45. The molecule has 3 rings (SSSR count). The summed E-state index contributed by atoms with van der Waals surface area (Å²) >= 11 is 0. The normalized spacial score (nSPS) is 16.3. The molecule has 2 atom stereocenters. The highest BCUT2D eigenvalue weighted by molar-refractivity contribution is 5.89. The molecule has 1 N–H and O–H groups in total. The summed E-state index contributed by atoms with van der Waals surface area (Å²) in [6.07, 6.45) is 0.349. The lowest BCUT2D eigenvalue weighted by molar-refractivity contribution is -0.140. The van der Waals surface area contributed by atoms with Crippen molar-refractivity contribution >= 4 is 11.8 Å². The van der Waals surface area contributed by atoms with Crippen LogP contribution in [0, 0.1) is 5.92 Å². The van der Waals surface area contributed by atoms with Crippen molar-refractivity contribution in [1.29, 1.82) is 0 Å². The van der Waals surface area contributed by atoms with Crippen molar-refractivity contribution in [2.45, 2.75) is 32.2 Å². The first kappa shape index (κ1) is 21.1. The summed E-state index contributed by atoms with van der Waals surface area (Å²) in [7, 11) is 0. The third-order valence-corrected chi connectivity index (χ3v) is 5.45. The average Bonchev–Trinajstić information content (AvgIpc) is 2.77. The Bertz CT molecular complexity index is 786. The maximum Gasteiger partial charge on any atom is 0.249 e. The number of benzene rings is 2. The quantitative estimate of drug-likeness (QED) is 0.782. The van der Waals surface area contributed by atoms with Gasteiger partial charge in [-0.05, 0) is 23.0 Å². The third kappa shape index (κ3) is 5.67. The second kappa shape index (κ2) is 10.2. The maximum atomic E-state index is 13.2. The molecule has 0 aromatic heterocycles. The van der Waals surface area contributed by atoms with Gasteiger partial charge in [0, 0.05) is 19.5 Å². The number of rotatable bonds is 7. The van der Waals surface area contributed by atoms with Crippen molar-refractivity contribution in [3.05, 3.63) is 71.8 Å². The topological polar surface area (TPSA) is 58.6 Å². The van der Waals surface area contributed by atoms with E-state index in [2.05, 4.69) is 31.3 Å². The summed E-state index contributed by atoms with van der Waals surface area (Å²) in [5.74, 6) is 0.232. The van der Waals surface area contributed by atoms with Crippen LogP contribution in [0.2, 0.25) is 0 Å². The zero-order chi connectivity index (χ0) is 20.6. The first-order chi connectivity index (χ1) is 14.1. The fraction of sp³-hybridized carbons (Fsp3) is 0.417. The summed E-state index contributed by atoms with van der Waals surface area (Å²) in [5, 5.41) is 3.01. The van der Waals surface area contributed by atoms with E-state index in [4.69, 9.17) is 4.74 Å². The second-order valence-corrected chi connectivity index (χ2v) is 7.81. The molecule has 29 heavy (non-hydrogen) atoms. The summed E-state index contributed by atoms with van der Waals surface area (Å²) in [6, 6.07) is 18.9. The van der Waals surface area contributed by atoms with Crippen molar-refractivity contribution < 1.29 is 14.3 Å². The van der Waals surface area contributed by atoms with Gasteiger partial charge in [0.05, 0.1) is 13.2 Å². The van der Waals surface area contributed by atoms with Crippen LogP contribution >= 0.6 is 0 Å². The van der Waals surface area contributed by atoms with Gasteiger partial charge < -0.3 is 15.0 Å². The van der Waals surface area contributed by atoms with Gasteiger partial charge in [0.1, 0.15) is 6.04 Å². The molecule has 1 aliphatic heterocycles.